The van der Waals surface area contributed by atoms with E-state index in [0.717, 1.165) is 27.9 Å². The van der Waals surface area contributed by atoms with E-state index >= 15 is 0 Å². The molecule has 0 spiro atoms. The van der Waals surface area contributed by atoms with Crippen molar-refractivity contribution in [2.75, 3.05) is 30.9 Å². The fraction of sp³-hybridized carbons (Fsp3) is 0.167. The highest BCUT2D eigenvalue weighted by Gasteiger charge is 2.09. The number of pyridine rings is 4. The average Bonchev–Trinajstić information content (AvgIpc) is 2.82. The van der Waals surface area contributed by atoms with Gasteiger partial charge >= 0.3 is 0 Å². The minimum atomic E-state index is 0.492. The summed E-state index contributed by atoms with van der Waals surface area (Å²) in [5.74, 6) is 9.59. The highest BCUT2D eigenvalue weighted by Crippen LogP contribution is 2.27. The summed E-state index contributed by atoms with van der Waals surface area (Å²) in [6, 6.07) is 11.2. The minimum Gasteiger partial charge on any atom is -0.493 e. The van der Waals surface area contributed by atoms with E-state index in [1.807, 2.05) is 43.4 Å². The second kappa shape index (κ2) is 8.78. The van der Waals surface area contributed by atoms with Gasteiger partial charge < -0.3 is 20.1 Å². The summed E-state index contributed by atoms with van der Waals surface area (Å²) >= 11 is 0. The van der Waals surface area contributed by atoms with E-state index in [1.165, 1.54) is 0 Å². The molecule has 0 amide bonds. The van der Waals surface area contributed by atoms with E-state index in [4.69, 9.17) is 9.47 Å². The van der Waals surface area contributed by atoms with Gasteiger partial charge in [0.25, 0.3) is 0 Å². The standard InChI is InChI=1S/C24H20N6O2/c1-25-24-20-15-27-22-13-19(20)16(14-28-24)6-7-17-12-18(8-9-26-17)31-10-3-11-32-23-5-2-4-21(29-22)30-23/h2,4-5,8-9,12-15H,3,10-11H2,1H3,(H,25,28)(H,27,29,30). The van der Waals surface area contributed by atoms with Crippen LogP contribution in [0.3, 0.4) is 0 Å². The summed E-state index contributed by atoms with van der Waals surface area (Å²) in [4.78, 5) is 17.9. The Bertz CT molecular complexity index is 1350. The number of hydrogen-bond donors (Lipinski definition) is 2. The van der Waals surface area contributed by atoms with Crippen molar-refractivity contribution in [2.24, 2.45) is 0 Å². The molecule has 8 nitrogen and oxygen atoms in total. The number of rotatable bonds is 1. The molecular formula is C24H20N6O2. The third-order valence-electron chi connectivity index (χ3n) is 4.85. The Morgan fingerprint density at radius 3 is 2.81 bits per heavy atom. The van der Waals surface area contributed by atoms with Gasteiger partial charge in [0.2, 0.25) is 5.88 Å². The van der Waals surface area contributed by atoms with Gasteiger partial charge in [-0.1, -0.05) is 12.0 Å². The number of nitrogens with zero attached hydrogens (tertiary/aromatic N) is 4. The van der Waals surface area contributed by atoms with Gasteiger partial charge in [-0.25, -0.2) is 15.0 Å². The van der Waals surface area contributed by atoms with Crippen LogP contribution in [0, 0.1) is 11.8 Å². The summed E-state index contributed by atoms with van der Waals surface area (Å²) < 4.78 is 11.6. The van der Waals surface area contributed by atoms with Gasteiger partial charge in [-0.05, 0) is 24.1 Å². The van der Waals surface area contributed by atoms with Crippen molar-refractivity contribution in [3.63, 3.8) is 0 Å². The van der Waals surface area contributed by atoms with Gasteiger partial charge in [-0.2, -0.15) is 4.98 Å². The molecule has 5 heterocycles. The minimum absolute atomic E-state index is 0.492. The van der Waals surface area contributed by atoms with Gasteiger partial charge in [0, 0.05) is 55.0 Å². The Labute approximate surface area is 185 Å². The molecule has 4 aromatic rings. The maximum absolute atomic E-state index is 5.82. The lowest BCUT2D eigenvalue weighted by molar-refractivity contribution is 0.242. The molecule has 0 unspecified atom stereocenters. The Morgan fingerprint density at radius 2 is 1.88 bits per heavy atom. The Balaban J connectivity index is 1.63. The van der Waals surface area contributed by atoms with Crippen molar-refractivity contribution < 1.29 is 9.47 Å². The Morgan fingerprint density at radius 1 is 0.938 bits per heavy atom. The SMILES string of the molecule is CNc1ncc2c3cc(ncc13)Nc1cccc(n1)OCCCOc1ccnc(c1)C#C2. The molecule has 0 atom stereocenters. The second-order valence-electron chi connectivity index (χ2n) is 7.05. The fourth-order valence-electron chi connectivity index (χ4n) is 3.32. The van der Waals surface area contributed by atoms with Crippen molar-refractivity contribution in [3.05, 3.63) is 66.2 Å². The van der Waals surface area contributed by atoms with E-state index in [2.05, 4.69) is 42.4 Å². The van der Waals surface area contributed by atoms with Crippen molar-refractivity contribution in [1.82, 2.24) is 19.9 Å². The molecule has 0 radical (unpaired) electrons. The topological polar surface area (TPSA) is 94.1 Å². The van der Waals surface area contributed by atoms with E-state index in [1.54, 1.807) is 18.6 Å². The van der Waals surface area contributed by atoms with Crippen LogP contribution in [0.1, 0.15) is 17.7 Å². The smallest absolute Gasteiger partial charge is 0.215 e. The molecule has 1 aliphatic heterocycles. The molecule has 32 heavy (non-hydrogen) atoms. The largest absolute Gasteiger partial charge is 0.493 e. The molecular weight excluding hydrogens is 404 g/mol. The van der Waals surface area contributed by atoms with Crippen LogP contribution in [0.5, 0.6) is 11.6 Å². The Hall–Kier alpha value is -4.38. The van der Waals surface area contributed by atoms with E-state index in [0.29, 0.717) is 42.8 Å². The highest BCUT2D eigenvalue weighted by molar-refractivity contribution is 5.96. The first-order valence-corrected chi connectivity index (χ1v) is 10.2. The van der Waals surface area contributed by atoms with Gasteiger partial charge in [0.1, 0.15) is 28.9 Å². The molecule has 6 bridgehead atoms. The monoisotopic (exact) mass is 424 g/mol. The molecule has 2 N–H and O–H groups in total. The number of fused-ring (bicyclic) bond motifs is 5. The third kappa shape index (κ3) is 4.23. The first kappa shape index (κ1) is 19.6. The predicted molar refractivity (Wildman–Crippen MR) is 122 cm³/mol. The molecule has 0 saturated carbocycles. The zero-order valence-electron chi connectivity index (χ0n) is 17.4. The van der Waals surface area contributed by atoms with Crippen LogP contribution >= 0.6 is 0 Å². The molecule has 0 saturated heterocycles. The number of nitrogens with one attached hydrogen (secondary N) is 2. The number of anilines is 3. The van der Waals surface area contributed by atoms with Crippen molar-refractivity contribution in [3.8, 4) is 23.5 Å². The summed E-state index contributed by atoms with van der Waals surface area (Å²) in [5.41, 5.74) is 1.39. The number of hydrogen-bond acceptors (Lipinski definition) is 8. The van der Waals surface area contributed by atoms with Crippen molar-refractivity contribution >= 4 is 28.2 Å². The Kier molecular flexibility index (Phi) is 5.37. The quantitative estimate of drug-likeness (QED) is 0.446. The first-order valence-electron chi connectivity index (χ1n) is 10.2. The predicted octanol–water partition coefficient (Wildman–Crippen LogP) is 3.77. The number of ether oxygens (including phenoxy) is 2. The van der Waals surface area contributed by atoms with Crippen LogP contribution in [0.4, 0.5) is 17.5 Å². The van der Waals surface area contributed by atoms with Crippen LogP contribution in [0.25, 0.3) is 10.8 Å². The van der Waals surface area contributed by atoms with Crippen LogP contribution in [0.15, 0.2) is 55.0 Å². The molecule has 158 valence electrons. The zero-order valence-corrected chi connectivity index (χ0v) is 17.4. The number of aromatic nitrogens is 4. The molecule has 8 heteroatoms. The van der Waals surface area contributed by atoms with Crippen LogP contribution in [-0.2, 0) is 0 Å². The van der Waals surface area contributed by atoms with E-state index in [9.17, 15) is 0 Å². The maximum atomic E-state index is 5.82. The molecule has 0 fully saturated rings. The highest BCUT2D eigenvalue weighted by atomic mass is 16.5. The maximum Gasteiger partial charge on any atom is 0.215 e. The first-order chi connectivity index (χ1) is 15.8. The van der Waals surface area contributed by atoms with Gasteiger partial charge in [-0.3, -0.25) is 0 Å². The van der Waals surface area contributed by atoms with Gasteiger partial charge in [0.05, 0.1) is 18.8 Å². The van der Waals surface area contributed by atoms with Crippen LogP contribution < -0.4 is 20.1 Å². The second-order valence-corrected chi connectivity index (χ2v) is 7.05. The molecule has 0 aromatic carbocycles. The van der Waals surface area contributed by atoms with Crippen LogP contribution in [0.2, 0.25) is 0 Å². The summed E-state index contributed by atoms with van der Waals surface area (Å²) in [7, 11) is 1.83. The molecule has 1 aliphatic rings. The van der Waals surface area contributed by atoms with Crippen LogP contribution in [-0.4, -0.2) is 40.2 Å². The summed E-state index contributed by atoms with van der Waals surface area (Å²) in [6.45, 7) is 1.00. The lowest BCUT2D eigenvalue weighted by Crippen LogP contribution is -2.06. The lowest BCUT2D eigenvalue weighted by atomic mass is 10.1. The fourth-order valence-corrected chi connectivity index (χ4v) is 3.32. The third-order valence-corrected chi connectivity index (χ3v) is 4.85. The summed E-state index contributed by atoms with van der Waals surface area (Å²) in [5, 5.41) is 8.13. The van der Waals surface area contributed by atoms with Gasteiger partial charge in [0.15, 0.2) is 0 Å². The van der Waals surface area contributed by atoms with Crippen molar-refractivity contribution in [2.45, 2.75) is 6.42 Å². The normalized spacial score (nSPS) is 12.9. The van der Waals surface area contributed by atoms with Gasteiger partial charge in [-0.15, -0.1) is 0 Å². The molecule has 0 aliphatic carbocycles. The molecule has 5 rings (SSSR count). The summed E-state index contributed by atoms with van der Waals surface area (Å²) in [6.07, 6.45) is 5.92. The zero-order chi connectivity index (χ0) is 21.8. The average molecular weight is 424 g/mol. The van der Waals surface area contributed by atoms with E-state index in [-0.39, 0.29) is 0 Å². The lowest BCUT2D eigenvalue weighted by Gasteiger charge is -2.11. The van der Waals surface area contributed by atoms with Crippen molar-refractivity contribution in [1.29, 1.82) is 0 Å². The van der Waals surface area contributed by atoms with E-state index < -0.39 is 0 Å². The molecule has 4 aromatic heterocycles.